The highest BCUT2D eigenvalue weighted by Crippen LogP contribution is 2.21. The summed E-state index contributed by atoms with van der Waals surface area (Å²) in [6, 6.07) is 6.68. The highest BCUT2D eigenvalue weighted by atomic mass is 16.5. The number of rotatable bonds is 2. The predicted octanol–water partition coefficient (Wildman–Crippen LogP) is 1.07. The Labute approximate surface area is 129 Å². The van der Waals surface area contributed by atoms with E-state index in [0.29, 0.717) is 22.3 Å². The fourth-order valence-electron chi connectivity index (χ4n) is 2.49. The Morgan fingerprint density at radius 2 is 2.22 bits per heavy atom. The number of nitrogens with zero attached hydrogens (tertiary/aromatic N) is 4. The predicted molar refractivity (Wildman–Crippen MR) is 81.8 cm³/mol. The van der Waals surface area contributed by atoms with Gasteiger partial charge in [0.25, 0.3) is 11.5 Å². The van der Waals surface area contributed by atoms with Gasteiger partial charge in [-0.2, -0.15) is 9.61 Å². The summed E-state index contributed by atoms with van der Waals surface area (Å²) < 4.78 is 7.74. The number of hydrogen-bond donors (Lipinski definition) is 1. The Kier molecular flexibility index (Phi) is 2.77. The maximum Gasteiger partial charge on any atom is 0.283 e. The Morgan fingerprint density at radius 3 is 2.96 bits per heavy atom. The number of imidazole rings is 1. The number of fused-ring (bicyclic) bond motifs is 2. The number of hydrogen-bond acceptors (Lipinski definition) is 5. The fraction of sp³-hybridized carbons (Fsp3) is 0.0667. The summed E-state index contributed by atoms with van der Waals surface area (Å²) in [7, 11) is 1.53. The molecule has 0 radical (unpaired) electrons. The molecule has 4 rings (SSSR count). The third kappa shape index (κ3) is 1.92. The molecule has 23 heavy (non-hydrogen) atoms. The zero-order valence-electron chi connectivity index (χ0n) is 12.1. The molecule has 0 atom stereocenters. The van der Waals surface area contributed by atoms with Crippen molar-refractivity contribution >= 4 is 22.5 Å². The van der Waals surface area contributed by atoms with Crippen LogP contribution in [0, 0.1) is 0 Å². The molecule has 0 aliphatic heterocycles. The second-order valence-corrected chi connectivity index (χ2v) is 4.91. The van der Waals surface area contributed by atoms with E-state index in [9.17, 15) is 9.59 Å². The van der Waals surface area contributed by atoms with Crippen molar-refractivity contribution in [3.8, 4) is 5.75 Å². The van der Waals surface area contributed by atoms with Gasteiger partial charge in [0.05, 0.1) is 18.0 Å². The van der Waals surface area contributed by atoms with E-state index in [4.69, 9.17) is 4.74 Å². The first-order valence-electron chi connectivity index (χ1n) is 6.80. The third-order valence-corrected chi connectivity index (χ3v) is 3.59. The summed E-state index contributed by atoms with van der Waals surface area (Å²) in [5.41, 5.74) is 0.799. The number of nitrogens with one attached hydrogen (secondary N) is 1. The number of H-pyrrole nitrogens is 1. The number of ether oxygens (including phenoxy) is 1. The Hall–Kier alpha value is -3.42. The van der Waals surface area contributed by atoms with Crippen LogP contribution in [-0.2, 0) is 0 Å². The van der Waals surface area contributed by atoms with E-state index in [1.165, 1.54) is 41.0 Å². The van der Waals surface area contributed by atoms with Crippen LogP contribution in [0.5, 0.6) is 5.75 Å². The molecule has 3 aromatic heterocycles. The second kappa shape index (κ2) is 4.80. The highest BCUT2D eigenvalue weighted by molar-refractivity contribution is 5.95. The Bertz CT molecular complexity index is 1090. The van der Waals surface area contributed by atoms with Crippen LogP contribution in [-0.4, -0.2) is 37.2 Å². The van der Waals surface area contributed by atoms with Crippen molar-refractivity contribution in [2.75, 3.05) is 7.11 Å². The normalized spacial score (nSPS) is 11.2. The van der Waals surface area contributed by atoms with E-state index in [1.807, 2.05) is 0 Å². The molecule has 0 unspecified atom stereocenters. The van der Waals surface area contributed by atoms with Gasteiger partial charge in [-0.25, -0.2) is 4.98 Å². The van der Waals surface area contributed by atoms with E-state index < -0.39 is 0 Å². The van der Waals surface area contributed by atoms with Gasteiger partial charge in [-0.1, -0.05) is 6.07 Å². The van der Waals surface area contributed by atoms with Gasteiger partial charge in [0, 0.05) is 18.5 Å². The molecule has 0 spiro atoms. The van der Waals surface area contributed by atoms with Gasteiger partial charge < -0.3 is 9.72 Å². The molecule has 0 aliphatic carbocycles. The van der Waals surface area contributed by atoms with Gasteiger partial charge in [-0.05, 0) is 12.1 Å². The average molecular weight is 309 g/mol. The molecule has 0 aliphatic rings. The molecule has 0 saturated heterocycles. The van der Waals surface area contributed by atoms with Gasteiger partial charge >= 0.3 is 0 Å². The van der Waals surface area contributed by atoms with Gasteiger partial charge in [0.15, 0.2) is 5.69 Å². The molecule has 1 N–H and O–H groups in total. The van der Waals surface area contributed by atoms with Crippen molar-refractivity contribution in [1.29, 1.82) is 0 Å². The van der Waals surface area contributed by atoms with Crippen LogP contribution in [0.25, 0.3) is 16.6 Å². The number of carbonyl (C=O) groups excluding carboxylic acids is 1. The lowest BCUT2D eigenvalue weighted by atomic mass is 10.2. The van der Waals surface area contributed by atoms with Crippen LogP contribution >= 0.6 is 0 Å². The van der Waals surface area contributed by atoms with Gasteiger partial charge in [-0.15, -0.1) is 0 Å². The molecule has 3 heterocycles. The lowest BCUT2D eigenvalue weighted by Gasteiger charge is -2.05. The van der Waals surface area contributed by atoms with E-state index in [-0.39, 0.29) is 17.2 Å². The number of para-hydroxylation sites is 1. The molecule has 4 aromatic rings. The monoisotopic (exact) mass is 309 g/mol. The molecule has 0 amide bonds. The number of carbonyl (C=O) groups is 1. The van der Waals surface area contributed by atoms with Gasteiger partial charge in [0.1, 0.15) is 17.7 Å². The number of aromatic amines is 1. The molecule has 0 saturated carbocycles. The van der Waals surface area contributed by atoms with Crippen LogP contribution in [0.4, 0.5) is 0 Å². The zero-order chi connectivity index (χ0) is 16.0. The average Bonchev–Trinajstić information content (AvgIpc) is 3.23. The summed E-state index contributed by atoms with van der Waals surface area (Å²) in [4.78, 5) is 31.8. The van der Waals surface area contributed by atoms with Crippen LogP contribution in [0.2, 0.25) is 0 Å². The number of aromatic nitrogens is 5. The molecular weight excluding hydrogens is 298 g/mol. The first-order chi connectivity index (χ1) is 11.2. The van der Waals surface area contributed by atoms with E-state index in [1.54, 1.807) is 18.2 Å². The van der Waals surface area contributed by atoms with Crippen molar-refractivity contribution in [2.24, 2.45) is 0 Å². The van der Waals surface area contributed by atoms with E-state index in [2.05, 4.69) is 15.1 Å². The van der Waals surface area contributed by atoms with Gasteiger partial charge in [0.2, 0.25) is 0 Å². The summed E-state index contributed by atoms with van der Waals surface area (Å²) in [5.74, 6) is 0.181. The van der Waals surface area contributed by atoms with Crippen LogP contribution in [0.1, 0.15) is 10.5 Å². The zero-order valence-corrected chi connectivity index (χ0v) is 12.1. The minimum Gasteiger partial charge on any atom is -0.495 e. The van der Waals surface area contributed by atoms with E-state index in [0.717, 1.165) is 0 Å². The maximum atomic E-state index is 12.6. The topological polar surface area (TPSA) is 94.3 Å². The second-order valence-electron chi connectivity index (χ2n) is 4.91. The SMILES string of the molecule is COc1cccc2c(=O)n3nc(C(=O)n4ccnc4)cc3[nH]c12. The summed E-state index contributed by atoms with van der Waals surface area (Å²) in [6.07, 6.45) is 4.40. The molecule has 114 valence electrons. The minimum atomic E-state index is -0.366. The summed E-state index contributed by atoms with van der Waals surface area (Å²) in [5, 5.41) is 4.54. The number of methoxy groups -OCH3 is 1. The smallest absolute Gasteiger partial charge is 0.283 e. The lowest BCUT2D eigenvalue weighted by Crippen LogP contribution is -2.17. The molecule has 0 bridgehead atoms. The van der Waals surface area contributed by atoms with Crippen molar-refractivity contribution in [3.05, 3.63) is 59.0 Å². The standard InChI is InChI=1S/C15H11N5O3/c1-23-11-4-2-3-9-13(11)17-12-7-10(18-20(12)14(9)21)15(22)19-6-5-16-8-19/h2-8,17H,1H3. The lowest BCUT2D eigenvalue weighted by molar-refractivity contribution is 0.0954. The van der Waals surface area contributed by atoms with Crippen molar-refractivity contribution in [2.45, 2.75) is 0 Å². The van der Waals surface area contributed by atoms with Crippen LogP contribution < -0.4 is 10.3 Å². The largest absolute Gasteiger partial charge is 0.495 e. The molecule has 8 nitrogen and oxygen atoms in total. The minimum absolute atomic E-state index is 0.144. The van der Waals surface area contributed by atoms with Crippen LogP contribution in [0.15, 0.2) is 47.8 Å². The highest BCUT2D eigenvalue weighted by Gasteiger charge is 2.16. The maximum absolute atomic E-state index is 12.6. The molecule has 0 fully saturated rings. The van der Waals surface area contributed by atoms with Crippen molar-refractivity contribution in [1.82, 2.24) is 24.1 Å². The summed E-state index contributed by atoms with van der Waals surface area (Å²) in [6.45, 7) is 0. The number of benzene rings is 1. The Morgan fingerprint density at radius 1 is 1.35 bits per heavy atom. The molecule has 1 aromatic carbocycles. The van der Waals surface area contributed by atoms with Crippen LogP contribution in [0.3, 0.4) is 0 Å². The van der Waals surface area contributed by atoms with E-state index >= 15 is 0 Å². The first kappa shape index (κ1) is 13.3. The summed E-state index contributed by atoms with van der Waals surface area (Å²) >= 11 is 0. The first-order valence-corrected chi connectivity index (χ1v) is 6.80. The van der Waals surface area contributed by atoms with Crippen molar-refractivity contribution in [3.63, 3.8) is 0 Å². The quantitative estimate of drug-likeness (QED) is 0.597. The fourth-order valence-corrected chi connectivity index (χ4v) is 2.49. The molecular formula is C15H11N5O3. The third-order valence-electron chi connectivity index (χ3n) is 3.59. The van der Waals surface area contributed by atoms with Crippen molar-refractivity contribution < 1.29 is 9.53 Å². The molecule has 8 heteroatoms. The van der Waals surface area contributed by atoms with Gasteiger partial charge in [-0.3, -0.25) is 14.2 Å². The Balaban J connectivity index is 1.99.